The lowest BCUT2D eigenvalue weighted by Gasteiger charge is -2.21. The summed E-state index contributed by atoms with van der Waals surface area (Å²) in [5.74, 6) is -0.606. The summed E-state index contributed by atoms with van der Waals surface area (Å²) in [6.45, 7) is 0.349. The number of halogens is 1. The molecule has 0 aliphatic heterocycles. The third-order valence-corrected chi connectivity index (χ3v) is 6.18. The van der Waals surface area contributed by atoms with Gasteiger partial charge in [0.25, 0.3) is 0 Å². The quantitative estimate of drug-likeness (QED) is 0.859. The highest BCUT2D eigenvalue weighted by Gasteiger charge is 2.38. The zero-order chi connectivity index (χ0) is 15.0. The van der Waals surface area contributed by atoms with Gasteiger partial charge >= 0.3 is 0 Å². The van der Waals surface area contributed by atoms with Crippen LogP contribution in [0.1, 0.15) is 17.7 Å². The first-order valence-electron chi connectivity index (χ1n) is 6.58. The summed E-state index contributed by atoms with van der Waals surface area (Å²) >= 11 is 1.52. The van der Waals surface area contributed by atoms with Crippen LogP contribution in [0.4, 0.5) is 10.1 Å². The van der Waals surface area contributed by atoms with Gasteiger partial charge in [0.1, 0.15) is 5.82 Å². The lowest BCUT2D eigenvalue weighted by Crippen LogP contribution is -2.32. The molecule has 0 unspecified atom stereocenters. The zero-order valence-corrected chi connectivity index (χ0v) is 12.8. The molecule has 1 heterocycles. The number of nitrogens with zero attached hydrogens (tertiary/aromatic N) is 1. The number of benzene rings is 1. The maximum atomic E-state index is 13.2. The van der Waals surface area contributed by atoms with Crippen LogP contribution in [0, 0.1) is 5.82 Å². The Labute approximate surface area is 127 Å². The van der Waals surface area contributed by atoms with E-state index in [1.807, 2.05) is 17.5 Å². The summed E-state index contributed by atoms with van der Waals surface area (Å²) in [7, 11) is -3.66. The Morgan fingerprint density at radius 3 is 2.67 bits per heavy atom. The predicted octanol–water partition coefficient (Wildman–Crippen LogP) is 2.82. The number of sulfonamides is 1. The molecule has 1 saturated carbocycles. The number of rotatable bonds is 5. The van der Waals surface area contributed by atoms with Crippen molar-refractivity contribution in [3.63, 3.8) is 0 Å². The van der Waals surface area contributed by atoms with Gasteiger partial charge < -0.3 is 5.73 Å². The van der Waals surface area contributed by atoms with Gasteiger partial charge in [-0.3, -0.25) is 0 Å². The van der Waals surface area contributed by atoms with Gasteiger partial charge in [-0.05, 0) is 42.5 Å². The van der Waals surface area contributed by atoms with E-state index in [0.717, 1.165) is 23.8 Å². The van der Waals surface area contributed by atoms with E-state index in [2.05, 4.69) is 0 Å². The van der Waals surface area contributed by atoms with Crippen LogP contribution in [0.5, 0.6) is 0 Å². The third kappa shape index (κ3) is 2.95. The summed E-state index contributed by atoms with van der Waals surface area (Å²) in [4.78, 5) is 1.03. The molecular weight excluding hydrogens is 311 g/mol. The van der Waals surface area contributed by atoms with Crippen molar-refractivity contribution in [2.45, 2.75) is 30.3 Å². The first-order chi connectivity index (χ1) is 9.98. The second kappa shape index (κ2) is 5.40. The minimum atomic E-state index is -3.66. The molecule has 0 atom stereocenters. The van der Waals surface area contributed by atoms with Crippen LogP contribution >= 0.6 is 11.3 Å². The molecule has 1 aliphatic carbocycles. The zero-order valence-electron chi connectivity index (χ0n) is 11.2. The minimum Gasteiger partial charge on any atom is -0.396 e. The van der Waals surface area contributed by atoms with Gasteiger partial charge in [-0.1, -0.05) is 6.07 Å². The van der Waals surface area contributed by atoms with E-state index < -0.39 is 15.8 Å². The van der Waals surface area contributed by atoms with Gasteiger partial charge in [0.15, 0.2) is 0 Å². The summed E-state index contributed by atoms with van der Waals surface area (Å²) in [5, 5.41) is 1.92. The Hall–Kier alpha value is -1.44. The van der Waals surface area contributed by atoms with Crippen LogP contribution in [0.2, 0.25) is 0 Å². The van der Waals surface area contributed by atoms with Crippen molar-refractivity contribution in [1.29, 1.82) is 0 Å². The van der Waals surface area contributed by atoms with E-state index in [4.69, 9.17) is 5.73 Å². The molecule has 3 rings (SSSR count). The molecule has 2 aromatic rings. The van der Waals surface area contributed by atoms with Crippen molar-refractivity contribution in [2.24, 2.45) is 0 Å². The van der Waals surface area contributed by atoms with Crippen LogP contribution in [-0.2, 0) is 16.6 Å². The van der Waals surface area contributed by atoms with Crippen molar-refractivity contribution >= 4 is 27.0 Å². The van der Waals surface area contributed by atoms with Crippen molar-refractivity contribution < 1.29 is 12.8 Å². The van der Waals surface area contributed by atoms with Crippen molar-refractivity contribution in [2.75, 3.05) is 5.73 Å². The number of hydrogen-bond donors (Lipinski definition) is 1. The second-order valence-electron chi connectivity index (χ2n) is 5.04. The average Bonchev–Trinajstić information content (AvgIpc) is 3.15. The molecule has 1 aromatic heterocycles. The first-order valence-corrected chi connectivity index (χ1v) is 8.90. The Balaban J connectivity index is 1.95. The van der Waals surface area contributed by atoms with Crippen LogP contribution in [-0.4, -0.2) is 18.8 Å². The summed E-state index contributed by atoms with van der Waals surface area (Å²) < 4.78 is 40.2. The van der Waals surface area contributed by atoms with Crippen LogP contribution < -0.4 is 5.73 Å². The molecule has 0 radical (unpaired) electrons. The minimum absolute atomic E-state index is 0.0309. The van der Waals surface area contributed by atoms with E-state index in [1.54, 1.807) is 0 Å². The van der Waals surface area contributed by atoms with E-state index in [-0.39, 0.29) is 16.6 Å². The number of thiophene rings is 1. The van der Waals surface area contributed by atoms with Crippen molar-refractivity contribution in [3.05, 3.63) is 46.4 Å². The molecule has 1 fully saturated rings. The molecule has 112 valence electrons. The van der Waals surface area contributed by atoms with Gasteiger partial charge in [0.2, 0.25) is 10.0 Å². The lowest BCUT2D eigenvalue weighted by atomic mass is 10.3. The van der Waals surface area contributed by atoms with Gasteiger partial charge in [-0.25, -0.2) is 12.8 Å². The Bertz CT molecular complexity index is 740. The van der Waals surface area contributed by atoms with Crippen LogP contribution in [0.25, 0.3) is 0 Å². The summed E-state index contributed by atoms with van der Waals surface area (Å²) in [6, 6.07) is 7.39. The fourth-order valence-electron chi connectivity index (χ4n) is 2.15. The summed E-state index contributed by atoms with van der Waals surface area (Å²) in [5.41, 5.74) is 5.34. The van der Waals surface area contributed by atoms with Crippen LogP contribution in [0.15, 0.2) is 40.6 Å². The molecule has 0 bridgehead atoms. The molecule has 4 nitrogen and oxygen atoms in total. The lowest BCUT2D eigenvalue weighted by molar-refractivity contribution is 0.401. The number of nitrogen functional groups attached to an aromatic ring is 1. The van der Waals surface area contributed by atoms with E-state index in [9.17, 15) is 12.8 Å². The monoisotopic (exact) mass is 326 g/mol. The molecule has 21 heavy (non-hydrogen) atoms. The van der Waals surface area contributed by atoms with Crippen molar-refractivity contribution in [3.8, 4) is 0 Å². The fourth-order valence-corrected chi connectivity index (χ4v) is 4.63. The molecule has 7 heteroatoms. The first kappa shape index (κ1) is 14.5. The standard InChI is InChI=1S/C14H15FN2O2S2/c15-13-6-5-12(8-14(13)16)21(18,19)17(10-3-4-10)9-11-2-1-7-20-11/h1-2,5-8,10H,3-4,9,16H2. The number of hydrogen-bond acceptors (Lipinski definition) is 4. The van der Waals surface area contributed by atoms with E-state index >= 15 is 0 Å². The highest BCUT2D eigenvalue weighted by Crippen LogP contribution is 2.34. The molecular formula is C14H15FN2O2S2. The Kier molecular flexibility index (Phi) is 3.73. The highest BCUT2D eigenvalue weighted by molar-refractivity contribution is 7.89. The average molecular weight is 326 g/mol. The molecule has 0 spiro atoms. The molecule has 1 aromatic carbocycles. The van der Waals surface area contributed by atoms with E-state index in [0.29, 0.717) is 6.54 Å². The molecule has 2 N–H and O–H groups in total. The highest BCUT2D eigenvalue weighted by atomic mass is 32.2. The van der Waals surface area contributed by atoms with Gasteiger partial charge in [-0.15, -0.1) is 11.3 Å². The largest absolute Gasteiger partial charge is 0.396 e. The smallest absolute Gasteiger partial charge is 0.243 e. The summed E-state index contributed by atoms with van der Waals surface area (Å²) in [6.07, 6.45) is 1.72. The Morgan fingerprint density at radius 1 is 1.33 bits per heavy atom. The third-order valence-electron chi connectivity index (χ3n) is 3.42. The van der Waals surface area contributed by atoms with Gasteiger partial charge in [-0.2, -0.15) is 4.31 Å². The number of nitrogens with two attached hydrogens (primary N) is 1. The predicted molar refractivity (Wildman–Crippen MR) is 80.9 cm³/mol. The molecule has 0 saturated heterocycles. The fraction of sp³-hybridized carbons (Fsp3) is 0.286. The normalized spacial score (nSPS) is 15.5. The number of anilines is 1. The van der Waals surface area contributed by atoms with Crippen molar-refractivity contribution in [1.82, 2.24) is 4.31 Å². The molecule has 0 amide bonds. The topological polar surface area (TPSA) is 63.4 Å². The van der Waals surface area contributed by atoms with Gasteiger partial charge in [0, 0.05) is 17.5 Å². The SMILES string of the molecule is Nc1cc(S(=O)(=O)N(Cc2cccs2)C2CC2)ccc1F. The molecule has 1 aliphatic rings. The second-order valence-corrected chi connectivity index (χ2v) is 7.97. The maximum Gasteiger partial charge on any atom is 0.243 e. The Morgan fingerprint density at radius 2 is 2.10 bits per heavy atom. The maximum absolute atomic E-state index is 13.2. The van der Waals surface area contributed by atoms with Crippen LogP contribution in [0.3, 0.4) is 0 Å². The van der Waals surface area contributed by atoms with E-state index in [1.165, 1.54) is 27.8 Å². The van der Waals surface area contributed by atoms with Gasteiger partial charge in [0.05, 0.1) is 10.6 Å².